The van der Waals surface area contributed by atoms with E-state index in [0.717, 1.165) is 6.04 Å². The van der Waals surface area contributed by atoms with Gasteiger partial charge in [0, 0.05) is 19.1 Å². The average molecular weight is 114 g/mol. The van der Waals surface area contributed by atoms with Crippen LogP contribution in [0.25, 0.3) is 0 Å². The fraction of sp³-hybridized carbons (Fsp3) is 1.00. The van der Waals surface area contributed by atoms with Crippen LogP contribution in [0.1, 0.15) is 6.92 Å². The number of likely N-dealkylation sites (tertiary alicyclic amines) is 1. The monoisotopic (exact) mass is 114 g/mol. The number of hydrogen-bond donors (Lipinski definition) is 1. The molecule has 1 N–H and O–H groups in total. The highest BCUT2D eigenvalue weighted by Crippen LogP contribution is 2.04. The third kappa shape index (κ3) is 1.01. The van der Waals surface area contributed by atoms with E-state index >= 15 is 0 Å². The standard InChI is InChI=1S/C6H14N2/c1-3-8-4-6(5-8)7-2/h6-7H,3-5H2,1-2H3. The van der Waals surface area contributed by atoms with Crippen molar-refractivity contribution in [3.05, 3.63) is 0 Å². The van der Waals surface area contributed by atoms with Crippen molar-refractivity contribution in [3.8, 4) is 0 Å². The van der Waals surface area contributed by atoms with Gasteiger partial charge in [-0.05, 0) is 13.6 Å². The van der Waals surface area contributed by atoms with E-state index in [0.29, 0.717) is 0 Å². The molecule has 1 aliphatic heterocycles. The van der Waals surface area contributed by atoms with Gasteiger partial charge in [-0.1, -0.05) is 6.92 Å². The Balaban J connectivity index is 2.03. The summed E-state index contributed by atoms with van der Waals surface area (Å²) >= 11 is 0. The molecule has 1 aliphatic rings. The van der Waals surface area contributed by atoms with Crippen LogP contribution in [0.15, 0.2) is 0 Å². The van der Waals surface area contributed by atoms with Crippen molar-refractivity contribution < 1.29 is 0 Å². The van der Waals surface area contributed by atoms with Crippen LogP contribution in [0.4, 0.5) is 0 Å². The molecule has 1 saturated heterocycles. The van der Waals surface area contributed by atoms with Crippen molar-refractivity contribution in [1.82, 2.24) is 10.2 Å². The highest BCUT2D eigenvalue weighted by atomic mass is 15.2. The molecule has 0 aromatic carbocycles. The minimum atomic E-state index is 0.773. The normalized spacial score (nSPS) is 23.2. The Hall–Kier alpha value is -0.0800. The molecule has 1 rings (SSSR count). The van der Waals surface area contributed by atoms with E-state index in [2.05, 4.69) is 17.1 Å². The number of nitrogens with zero attached hydrogens (tertiary/aromatic N) is 1. The van der Waals surface area contributed by atoms with Crippen molar-refractivity contribution in [2.75, 3.05) is 26.7 Å². The van der Waals surface area contributed by atoms with E-state index in [1.165, 1.54) is 19.6 Å². The lowest BCUT2D eigenvalue weighted by molar-refractivity contribution is 0.140. The van der Waals surface area contributed by atoms with Crippen LogP contribution >= 0.6 is 0 Å². The molecule has 1 fully saturated rings. The molecule has 1 heterocycles. The smallest absolute Gasteiger partial charge is 0.0320 e. The first-order valence-corrected chi connectivity index (χ1v) is 3.26. The zero-order valence-corrected chi connectivity index (χ0v) is 5.65. The number of likely N-dealkylation sites (N-methyl/N-ethyl adjacent to an activating group) is 2. The second-order valence-electron chi connectivity index (χ2n) is 2.34. The fourth-order valence-corrected chi connectivity index (χ4v) is 1.01. The van der Waals surface area contributed by atoms with Gasteiger partial charge in [0.05, 0.1) is 0 Å². The zero-order valence-electron chi connectivity index (χ0n) is 5.65. The van der Waals surface area contributed by atoms with Crippen LogP contribution in [0.5, 0.6) is 0 Å². The van der Waals surface area contributed by atoms with Crippen LogP contribution in [0, 0.1) is 0 Å². The van der Waals surface area contributed by atoms with Gasteiger partial charge in [-0.15, -0.1) is 0 Å². The largest absolute Gasteiger partial charge is 0.315 e. The molecule has 2 heteroatoms. The molecule has 2 nitrogen and oxygen atoms in total. The SMILES string of the molecule is CCN1CC(NC)C1. The van der Waals surface area contributed by atoms with Crippen molar-refractivity contribution in [2.45, 2.75) is 13.0 Å². The predicted molar refractivity (Wildman–Crippen MR) is 35.0 cm³/mol. The van der Waals surface area contributed by atoms with Crippen molar-refractivity contribution in [1.29, 1.82) is 0 Å². The maximum absolute atomic E-state index is 3.22. The van der Waals surface area contributed by atoms with Crippen LogP contribution in [0.2, 0.25) is 0 Å². The first kappa shape index (κ1) is 6.05. The summed E-state index contributed by atoms with van der Waals surface area (Å²) in [4.78, 5) is 2.42. The Bertz CT molecular complexity index is 58.9. The molecule has 0 aromatic heterocycles. The first-order chi connectivity index (χ1) is 3.86. The van der Waals surface area contributed by atoms with E-state index in [4.69, 9.17) is 0 Å². The maximum atomic E-state index is 3.22. The number of hydrogen-bond acceptors (Lipinski definition) is 2. The van der Waals surface area contributed by atoms with Gasteiger partial charge in [0.15, 0.2) is 0 Å². The lowest BCUT2D eigenvalue weighted by Gasteiger charge is -2.38. The van der Waals surface area contributed by atoms with Crippen molar-refractivity contribution in [2.24, 2.45) is 0 Å². The van der Waals surface area contributed by atoms with Gasteiger partial charge in [0.1, 0.15) is 0 Å². The minimum Gasteiger partial charge on any atom is -0.315 e. The molecular formula is C6H14N2. The Labute approximate surface area is 50.9 Å². The molecular weight excluding hydrogens is 100 g/mol. The average Bonchev–Trinajstić information content (AvgIpc) is 1.65. The number of nitrogens with one attached hydrogen (secondary N) is 1. The summed E-state index contributed by atoms with van der Waals surface area (Å²) in [6.45, 7) is 5.89. The summed E-state index contributed by atoms with van der Waals surface area (Å²) in [7, 11) is 2.03. The maximum Gasteiger partial charge on any atom is 0.0320 e. The van der Waals surface area contributed by atoms with E-state index in [1.807, 2.05) is 7.05 Å². The van der Waals surface area contributed by atoms with Gasteiger partial charge >= 0.3 is 0 Å². The molecule has 0 unspecified atom stereocenters. The second kappa shape index (κ2) is 2.46. The van der Waals surface area contributed by atoms with E-state index < -0.39 is 0 Å². The molecule has 0 aromatic rings. The third-order valence-corrected chi connectivity index (χ3v) is 1.81. The summed E-state index contributed by atoms with van der Waals surface area (Å²) < 4.78 is 0. The lowest BCUT2D eigenvalue weighted by Crippen LogP contribution is -2.56. The first-order valence-electron chi connectivity index (χ1n) is 3.26. The predicted octanol–water partition coefficient (Wildman–Crippen LogP) is -0.0901. The molecule has 0 amide bonds. The minimum absolute atomic E-state index is 0.773. The molecule has 0 saturated carbocycles. The van der Waals surface area contributed by atoms with E-state index in [9.17, 15) is 0 Å². The van der Waals surface area contributed by atoms with Gasteiger partial charge < -0.3 is 10.2 Å². The molecule has 0 aliphatic carbocycles. The molecule has 0 spiro atoms. The van der Waals surface area contributed by atoms with Gasteiger partial charge in [-0.25, -0.2) is 0 Å². The van der Waals surface area contributed by atoms with E-state index in [1.54, 1.807) is 0 Å². The Morgan fingerprint density at radius 3 is 2.62 bits per heavy atom. The summed E-state index contributed by atoms with van der Waals surface area (Å²) in [5.41, 5.74) is 0. The Morgan fingerprint density at radius 2 is 2.25 bits per heavy atom. The molecule has 0 bridgehead atoms. The molecule has 0 radical (unpaired) electrons. The molecule has 48 valence electrons. The summed E-state index contributed by atoms with van der Waals surface area (Å²) in [6, 6.07) is 0.773. The van der Waals surface area contributed by atoms with E-state index in [-0.39, 0.29) is 0 Å². The van der Waals surface area contributed by atoms with Crippen LogP contribution in [-0.4, -0.2) is 37.6 Å². The van der Waals surface area contributed by atoms with Crippen LogP contribution in [0.3, 0.4) is 0 Å². The van der Waals surface area contributed by atoms with Gasteiger partial charge in [0.2, 0.25) is 0 Å². The highest BCUT2D eigenvalue weighted by molar-refractivity contribution is 4.83. The second-order valence-corrected chi connectivity index (χ2v) is 2.34. The summed E-state index contributed by atoms with van der Waals surface area (Å²) in [5.74, 6) is 0. The van der Waals surface area contributed by atoms with Gasteiger partial charge in [-0.2, -0.15) is 0 Å². The zero-order chi connectivity index (χ0) is 5.98. The number of rotatable bonds is 2. The third-order valence-electron chi connectivity index (χ3n) is 1.81. The van der Waals surface area contributed by atoms with Gasteiger partial charge in [0.25, 0.3) is 0 Å². The van der Waals surface area contributed by atoms with Crippen LogP contribution < -0.4 is 5.32 Å². The Morgan fingerprint density at radius 1 is 1.62 bits per heavy atom. The lowest BCUT2D eigenvalue weighted by atomic mass is 10.1. The van der Waals surface area contributed by atoms with Gasteiger partial charge in [-0.3, -0.25) is 0 Å². The summed E-state index contributed by atoms with van der Waals surface area (Å²) in [5, 5.41) is 3.22. The van der Waals surface area contributed by atoms with Crippen molar-refractivity contribution in [3.63, 3.8) is 0 Å². The van der Waals surface area contributed by atoms with Crippen molar-refractivity contribution >= 4 is 0 Å². The highest BCUT2D eigenvalue weighted by Gasteiger charge is 2.22. The topological polar surface area (TPSA) is 15.3 Å². The fourth-order valence-electron chi connectivity index (χ4n) is 1.01. The molecule has 8 heavy (non-hydrogen) atoms. The quantitative estimate of drug-likeness (QED) is 0.539. The Kier molecular flexibility index (Phi) is 1.86. The van der Waals surface area contributed by atoms with Crippen LogP contribution in [-0.2, 0) is 0 Å². The summed E-state index contributed by atoms with van der Waals surface area (Å²) in [6.07, 6.45) is 0. The molecule has 0 atom stereocenters.